The van der Waals surface area contributed by atoms with E-state index in [1.54, 1.807) is 13.2 Å². The highest BCUT2D eigenvalue weighted by Crippen LogP contribution is 2.13. The fourth-order valence-corrected chi connectivity index (χ4v) is 2.59. The van der Waals surface area contributed by atoms with E-state index in [-0.39, 0.29) is 17.9 Å². The molecule has 0 aliphatic carbocycles. The monoisotopic (exact) mass is 325 g/mol. The van der Waals surface area contributed by atoms with E-state index >= 15 is 0 Å². The van der Waals surface area contributed by atoms with Gasteiger partial charge in [-0.15, -0.1) is 11.3 Å². The van der Waals surface area contributed by atoms with Gasteiger partial charge in [-0.25, -0.2) is 4.98 Å². The number of nitrogens with one attached hydrogen (secondary N) is 1. The van der Waals surface area contributed by atoms with E-state index < -0.39 is 0 Å². The van der Waals surface area contributed by atoms with Gasteiger partial charge in [0.25, 0.3) is 5.56 Å². The number of hydrogen-bond acceptors (Lipinski definition) is 6. The van der Waals surface area contributed by atoms with Crippen molar-refractivity contribution in [1.82, 2.24) is 14.9 Å². The highest BCUT2D eigenvalue weighted by atomic mass is 32.1. The molecule has 0 aromatic carbocycles. The van der Waals surface area contributed by atoms with Crippen LogP contribution < -0.4 is 10.9 Å². The number of aryl methyl sites for hydroxylation is 1. The van der Waals surface area contributed by atoms with E-state index in [9.17, 15) is 9.59 Å². The van der Waals surface area contributed by atoms with Gasteiger partial charge in [0.15, 0.2) is 0 Å². The Bertz CT molecular complexity index is 667. The lowest BCUT2D eigenvalue weighted by Crippen LogP contribution is -2.30. The zero-order chi connectivity index (χ0) is 15.8. The molecule has 120 valence electrons. The standard InChI is InChI=1S/C14H19N3O4S/c1-20-7-8-21-6-4-15-12(18)2-5-17-10-16-13-11(14(17)19)3-9-22-13/h3,9-10H,2,4-8H2,1H3,(H,15,18). The van der Waals surface area contributed by atoms with Crippen LogP contribution in [0.5, 0.6) is 0 Å². The third kappa shape index (κ3) is 4.62. The van der Waals surface area contributed by atoms with Crippen LogP contribution >= 0.6 is 11.3 Å². The number of ether oxygens (including phenoxy) is 2. The van der Waals surface area contributed by atoms with Crippen molar-refractivity contribution < 1.29 is 14.3 Å². The minimum absolute atomic E-state index is 0.109. The molecule has 0 saturated heterocycles. The van der Waals surface area contributed by atoms with Gasteiger partial charge in [0, 0.05) is 26.6 Å². The molecule has 1 amide bonds. The van der Waals surface area contributed by atoms with Gasteiger partial charge < -0.3 is 14.8 Å². The van der Waals surface area contributed by atoms with Gasteiger partial charge in [-0.3, -0.25) is 14.2 Å². The first kappa shape index (κ1) is 16.6. The largest absolute Gasteiger partial charge is 0.382 e. The summed E-state index contributed by atoms with van der Waals surface area (Å²) in [6, 6.07) is 1.75. The molecule has 22 heavy (non-hydrogen) atoms. The predicted octanol–water partition coefficient (Wildman–Crippen LogP) is 0.627. The number of carbonyl (C=O) groups is 1. The van der Waals surface area contributed by atoms with Crippen LogP contribution in [0.4, 0.5) is 0 Å². The molecule has 0 radical (unpaired) electrons. The van der Waals surface area contributed by atoms with Crippen LogP contribution in [0.3, 0.4) is 0 Å². The van der Waals surface area contributed by atoms with E-state index in [0.29, 0.717) is 38.3 Å². The van der Waals surface area contributed by atoms with Gasteiger partial charge >= 0.3 is 0 Å². The van der Waals surface area contributed by atoms with Crippen LogP contribution in [0.15, 0.2) is 22.6 Å². The fraction of sp³-hybridized carbons (Fsp3) is 0.500. The van der Waals surface area contributed by atoms with Crippen LogP contribution in [0, 0.1) is 0 Å². The quantitative estimate of drug-likeness (QED) is 0.684. The Balaban J connectivity index is 1.73. The summed E-state index contributed by atoms with van der Waals surface area (Å²) in [5.74, 6) is -0.118. The van der Waals surface area contributed by atoms with Gasteiger partial charge in [-0.1, -0.05) is 0 Å². The summed E-state index contributed by atoms with van der Waals surface area (Å²) in [6.07, 6.45) is 1.72. The van der Waals surface area contributed by atoms with Crippen molar-refractivity contribution in [3.63, 3.8) is 0 Å². The maximum atomic E-state index is 12.1. The Morgan fingerprint density at radius 1 is 1.41 bits per heavy atom. The normalized spacial score (nSPS) is 11.0. The van der Waals surface area contributed by atoms with E-state index in [1.807, 2.05) is 5.38 Å². The number of amides is 1. The van der Waals surface area contributed by atoms with Crippen molar-refractivity contribution in [1.29, 1.82) is 0 Å². The second kappa shape index (κ2) is 8.62. The molecule has 0 fully saturated rings. The number of methoxy groups -OCH3 is 1. The number of aromatic nitrogens is 2. The second-order valence-electron chi connectivity index (χ2n) is 4.59. The lowest BCUT2D eigenvalue weighted by molar-refractivity contribution is -0.121. The summed E-state index contributed by atoms with van der Waals surface area (Å²) >= 11 is 1.43. The molecule has 0 bridgehead atoms. The Morgan fingerprint density at radius 2 is 2.27 bits per heavy atom. The lowest BCUT2D eigenvalue weighted by Gasteiger charge is -2.07. The van der Waals surface area contributed by atoms with Gasteiger partial charge in [0.2, 0.25) is 5.91 Å². The van der Waals surface area contributed by atoms with Crippen molar-refractivity contribution >= 4 is 27.5 Å². The molecule has 0 aliphatic rings. The summed E-state index contributed by atoms with van der Waals surface area (Å²) < 4.78 is 11.5. The average Bonchev–Trinajstić information content (AvgIpc) is 2.99. The highest BCUT2D eigenvalue weighted by molar-refractivity contribution is 7.16. The molecule has 2 rings (SSSR count). The molecule has 8 heteroatoms. The number of thiophene rings is 1. The molecule has 0 spiro atoms. The number of rotatable bonds is 9. The van der Waals surface area contributed by atoms with Crippen molar-refractivity contribution in [2.24, 2.45) is 0 Å². The van der Waals surface area contributed by atoms with Crippen molar-refractivity contribution in [3.8, 4) is 0 Å². The summed E-state index contributed by atoms with van der Waals surface area (Å²) in [5, 5.41) is 5.17. The molecule has 0 saturated carbocycles. The van der Waals surface area contributed by atoms with Crippen LogP contribution in [-0.2, 0) is 20.8 Å². The topological polar surface area (TPSA) is 82.4 Å². The van der Waals surface area contributed by atoms with Crippen LogP contribution in [-0.4, -0.2) is 48.9 Å². The summed E-state index contributed by atoms with van der Waals surface area (Å²) in [5.41, 5.74) is -0.109. The summed E-state index contributed by atoms with van der Waals surface area (Å²) in [7, 11) is 1.61. The zero-order valence-electron chi connectivity index (χ0n) is 12.4. The smallest absolute Gasteiger partial charge is 0.262 e. The molecule has 0 aliphatic heterocycles. The molecule has 0 atom stereocenters. The molecule has 7 nitrogen and oxygen atoms in total. The predicted molar refractivity (Wildman–Crippen MR) is 84.2 cm³/mol. The Hall–Kier alpha value is -1.77. The number of fused-ring (bicyclic) bond motifs is 1. The van der Waals surface area contributed by atoms with Gasteiger partial charge in [-0.2, -0.15) is 0 Å². The van der Waals surface area contributed by atoms with Crippen LogP contribution in [0.1, 0.15) is 6.42 Å². The van der Waals surface area contributed by atoms with Crippen LogP contribution in [0.25, 0.3) is 10.2 Å². The molecule has 2 heterocycles. The molecule has 0 unspecified atom stereocenters. The number of hydrogen-bond donors (Lipinski definition) is 1. The molecule has 2 aromatic rings. The van der Waals surface area contributed by atoms with Gasteiger partial charge in [0.05, 0.1) is 31.5 Å². The number of nitrogens with zero attached hydrogens (tertiary/aromatic N) is 2. The maximum absolute atomic E-state index is 12.1. The van der Waals surface area contributed by atoms with E-state index in [1.165, 1.54) is 22.2 Å². The van der Waals surface area contributed by atoms with Crippen molar-refractivity contribution in [3.05, 3.63) is 28.1 Å². The van der Waals surface area contributed by atoms with E-state index in [0.717, 1.165) is 4.83 Å². The Labute approximate surface area is 131 Å². The third-order valence-corrected chi connectivity index (χ3v) is 3.85. The molecule has 2 aromatic heterocycles. The highest BCUT2D eigenvalue weighted by Gasteiger charge is 2.07. The third-order valence-electron chi connectivity index (χ3n) is 3.03. The Kier molecular flexibility index (Phi) is 6.50. The zero-order valence-corrected chi connectivity index (χ0v) is 13.2. The first-order valence-corrected chi connectivity index (χ1v) is 7.86. The molecular formula is C14H19N3O4S. The van der Waals surface area contributed by atoms with Gasteiger partial charge in [0.1, 0.15) is 4.83 Å². The SMILES string of the molecule is COCCOCCNC(=O)CCn1cnc2sccc2c1=O. The number of carbonyl (C=O) groups excluding carboxylic acids is 1. The summed E-state index contributed by atoms with van der Waals surface area (Å²) in [6.45, 7) is 2.24. The summed E-state index contributed by atoms with van der Waals surface area (Å²) in [4.78, 5) is 28.8. The Morgan fingerprint density at radius 3 is 3.09 bits per heavy atom. The average molecular weight is 325 g/mol. The molecular weight excluding hydrogens is 306 g/mol. The molecule has 1 N–H and O–H groups in total. The van der Waals surface area contributed by atoms with Crippen LogP contribution in [0.2, 0.25) is 0 Å². The second-order valence-corrected chi connectivity index (χ2v) is 5.48. The van der Waals surface area contributed by atoms with E-state index in [4.69, 9.17) is 9.47 Å². The first-order chi connectivity index (χ1) is 10.7. The van der Waals surface area contributed by atoms with E-state index in [2.05, 4.69) is 10.3 Å². The minimum Gasteiger partial charge on any atom is -0.382 e. The maximum Gasteiger partial charge on any atom is 0.262 e. The van der Waals surface area contributed by atoms with Crippen molar-refractivity contribution in [2.45, 2.75) is 13.0 Å². The lowest BCUT2D eigenvalue weighted by atomic mass is 10.3. The minimum atomic E-state index is -0.118. The van der Waals surface area contributed by atoms with Crippen molar-refractivity contribution in [2.75, 3.05) is 33.5 Å². The first-order valence-electron chi connectivity index (χ1n) is 6.98. The fourth-order valence-electron chi connectivity index (χ4n) is 1.87. The van der Waals surface area contributed by atoms with Gasteiger partial charge in [-0.05, 0) is 11.4 Å².